The number of nitrogens with zero attached hydrogens (tertiary/aromatic N) is 2. The summed E-state index contributed by atoms with van der Waals surface area (Å²) in [6.07, 6.45) is 5.21. The topological polar surface area (TPSA) is 17.8 Å². The van der Waals surface area contributed by atoms with E-state index in [0.717, 1.165) is 12.8 Å². The lowest BCUT2D eigenvalue weighted by Gasteiger charge is -2.25. The molecule has 60 valence electrons. The van der Waals surface area contributed by atoms with Gasteiger partial charge >= 0.3 is 0 Å². The molecule has 1 aromatic heterocycles. The molecule has 0 saturated heterocycles. The van der Waals surface area contributed by atoms with Crippen LogP contribution in [0, 0.1) is 5.95 Å². The monoisotopic (exact) mass is 218 g/mol. The minimum Gasteiger partial charge on any atom is -0.266 e. The quantitative estimate of drug-likeness (QED) is 0.709. The summed E-state index contributed by atoms with van der Waals surface area (Å²) in [6, 6.07) is 0.441. The fourth-order valence-corrected chi connectivity index (χ4v) is 1.47. The first-order chi connectivity index (χ1) is 5.27. The van der Waals surface area contributed by atoms with Gasteiger partial charge < -0.3 is 0 Å². The molecule has 1 aliphatic carbocycles. The van der Waals surface area contributed by atoms with Gasteiger partial charge in [-0.05, 0) is 35.2 Å². The van der Waals surface area contributed by atoms with Crippen molar-refractivity contribution < 1.29 is 4.39 Å². The molecular formula is C7H8BrFN2. The maximum absolute atomic E-state index is 12.7. The first-order valence-electron chi connectivity index (χ1n) is 3.67. The van der Waals surface area contributed by atoms with Crippen molar-refractivity contribution in [1.82, 2.24) is 9.78 Å². The molecule has 1 aromatic rings. The summed E-state index contributed by atoms with van der Waals surface area (Å²) < 4.78 is 14.9. The third-order valence-corrected chi connectivity index (χ3v) is 2.63. The zero-order chi connectivity index (χ0) is 7.84. The van der Waals surface area contributed by atoms with Crippen molar-refractivity contribution >= 4 is 15.9 Å². The summed E-state index contributed by atoms with van der Waals surface area (Å²) in [5.74, 6) is -0.406. The van der Waals surface area contributed by atoms with Crippen LogP contribution in [0.4, 0.5) is 4.39 Å². The summed E-state index contributed by atoms with van der Waals surface area (Å²) in [7, 11) is 0. The van der Waals surface area contributed by atoms with Gasteiger partial charge in [0.15, 0.2) is 0 Å². The van der Waals surface area contributed by atoms with Gasteiger partial charge in [0.05, 0.1) is 10.5 Å². The lowest BCUT2D eigenvalue weighted by molar-refractivity contribution is 0.283. The van der Waals surface area contributed by atoms with Gasteiger partial charge in [-0.1, -0.05) is 0 Å². The fourth-order valence-electron chi connectivity index (χ4n) is 1.19. The Balaban J connectivity index is 2.24. The van der Waals surface area contributed by atoms with Crippen LogP contribution in [0.15, 0.2) is 10.7 Å². The van der Waals surface area contributed by atoms with Crippen LogP contribution in [0.1, 0.15) is 25.3 Å². The highest BCUT2D eigenvalue weighted by Gasteiger charge is 2.21. The summed E-state index contributed by atoms with van der Waals surface area (Å²) in [6.45, 7) is 0. The summed E-state index contributed by atoms with van der Waals surface area (Å²) in [4.78, 5) is 0. The number of rotatable bonds is 1. The highest BCUT2D eigenvalue weighted by atomic mass is 79.9. The third kappa shape index (κ3) is 1.20. The van der Waals surface area contributed by atoms with Crippen LogP contribution in [-0.2, 0) is 0 Å². The Kier molecular flexibility index (Phi) is 1.71. The molecule has 1 heterocycles. The van der Waals surface area contributed by atoms with E-state index in [0.29, 0.717) is 10.5 Å². The Hall–Kier alpha value is -0.380. The highest BCUT2D eigenvalue weighted by Crippen LogP contribution is 2.31. The largest absolute Gasteiger partial charge is 0.266 e. The zero-order valence-corrected chi connectivity index (χ0v) is 7.51. The summed E-state index contributed by atoms with van der Waals surface area (Å²) in [5.41, 5.74) is 0. The van der Waals surface area contributed by atoms with Crippen molar-refractivity contribution in [2.24, 2.45) is 0 Å². The molecule has 0 atom stereocenters. The molecule has 2 rings (SSSR count). The molecule has 0 radical (unpaired) electrons. The standard InChI is InChI=1S/C7H8BrFN2/c8-6-4-11(10-7(6)9)5-2-1-3-5/h4-5H,1-3H2. The van der Waals surface area contributed by atoms with Crippen molar-refractivity contribution in [3.63, 3.8) is 0 Å². The minimum absolute atomic E-state index is 0.406. The molecule has 0 N–H and O–H groups in total. The predicted octanol–water partition coefficient (Wildman–Crippen LogP) is 2.51. The van der Waals surface area contributed by atoms with E-state index < -0.39 is 5.95 Å². The second kappa shape index (κ2) is 2.59. The Morgan fingerprint density at radius 1 is 1.64 bits per heavy atom. The molecule has 0 aromatic carbocycles. The summed E-state index contributed by atoms with van der Waals surface area (Å²) in [5, 5.41) is 3.74. The van der Waals surface area contributed by atoms with Gasteiger partial charge in [-0.2, -0.15) is 4.39 Å². The Morgan fingerprint density at radius 3 is 2.73 bits per heavy atom. The predicted molar refractivity (Wildman–Crippen MR) is 42.8 cm³/mol. The maximum Gasteiger partial charge on any atom is 0.246 e. The smallest absolute Gasteiger partial charge is 0.246 e. The van der Waals surface area contributed by atoms with Crippen LogP contribution in [-0.4, -0.2) is 9.78 Å². The molecule has 2 nitrogen and oxygen atoms in total. The van der Waals surface area contributed by atoms with Crippen molar-refractivity contribution in [2.75, 3.05) is 0 Å². The Bertz CT molecular complexity index is 248. The van der Waals surface area contributed by atoms with Gasteiger partial charge in [-0.3, -0.25) is 4.68 Å². The van der Waals surface area contributed by atoms with Crippen molar-refractivity contribution in [1.29, 1.82) is 0 Å². The first-order valence-corrected chi connectivity index (χ1v) is 4.47. The van der Waals surface area contributed by atoms with Gasteiger partial charge in [0.2, 0.25) is 5.95 Å². The zero-order valence-electron chi connectivity index (χ0n) is 5.93. The molecule has 0 spiro atoms. The number of hydrogen-bond acceptors (Lipinski definition) is 1. The number of halogens is 2. The van der Waals surface area contributed by atoms with E-state index in [1.54, 1.807) is 10.9 Å². The van der Waals surface area contributed by atoms with E-state index in [-0.39, 0.29) is 0 Å². The second-order valence-corrected chi connectivity index (χ2v) is 3.69. The molecule has 0 unspecified atom stereocenters. The lowest BCUT2D eigenvalue weighted by Crippen LogP contribution is -2.17. The molecule has 1 aliphatic rings. The summed E-state index contributed by atoms with van der Waals surface area (Å²) >= 11 is 3.08. The third-order valence-electron chi connectivity index (χ3n) is 2.09. The van der Waals surface area contributed by atoms with Gasteiger partial charge in [-0.15, -0.1) is 5.10 Å². The van der Waals surface area contributed by atoms with Gasteiger partial charge in [-0.25, -0.2) is 0 Å². The van der Waals surface area contributed by atoms with E-state index in [4.69, 9.17) is 0 Å². The SMILES string of the molecule is Fc1nn(C2CCC2)cc1Br. The van der Waals surface area contributed by atoms with Crippen LogP contribution < -0.4 is 0 Å². The molecule has 0 aliphatic heterocycles. The number of aromatic nitrogens is 2. The van der Waals surface area contributed by atoms with Gasteiger partial charge in [0, 0.05) is 6.20 Å². The average molecular weight is 219 g/mol. The normalized spacial score (nSPS) is 18.4. The second-order valence-electron chi connectivity index (χ2n) is 2.83. The Labute approximate surface area is 72.5 Å². The van der Waals surface area contributed by atoms with Crippen LogP contribution >= 0.6 is 15.9 Å². The molecule has 0 amide bonds. The van der Waals surface area contributed by atoms with Crippen molar-refractivity contribution in [3.05, 3.63) is 16.6 Å². The minimum atomic E-state index is -0.406. The van der Waals surface area contributed by atoms with Crippen LogP contribution in [0.3, 0.4) is 0 Å². The molecule has 4 heteroatoms. The van der Waals surface area contributed by atoms with Gasteiger partial charge in [0.1, 0.15) is 0 Å². The Morgan fingerprint density at radius 2 is 2.36 bits per heavy atom. The maximum atomic E-state index is 12.7. The first kappa shape index (κ1) is 7.28. The van der Waals surface area contributed by atoms with E-state index in [1.165, 1.54) is 6.42 Å². The highest BCUT2D eigenvalue weighted by molar-refractivity contribution is 9.10. The van der Waals surface area contributed by atoms with Crippen LogP contribution in [0.2, 0.25) is 0 Å². The molecule has 1 fully saturated rings. The van der Waals surface area contributed by atoms with Crippen molar-refractivity contribution in [3.8, 4) is 0 Å². The van der Waals surface area contributed by atoms with E-state index in [2.05, 4.69) is 21.0 Å². The average Bonchev–Trinajstić information content (AvgIpc) is 2.08. The molecular weight excluding hydrogens is 211 g/mol. The van der Waals surface area contributed by atoms with Gasteiger partial charge in [0.25, 0.3) is 0 Å². The molecule has 0 bridgehead atoms. The number of hydrogen-bond donors (Lipinski definition) is 0. The van der Waals surface area contributed by atoms with E-state index in [1.807, 2.05) is 0 Å². The fraction of sp³-hybridized carbons (Fsp3) is 0.571. The van der Waals surface area contributed by atoms with Crippen molar-refractivity contribution in [2.45, 2.75) is 25.3 Å². The molecule has 1 saturated carbocycles. The van der Waals surface area contributed by atoms with E-state index in [9.17, 15) is 4.39 Å². The molecule has 11 heavy (non-hydrogen) atoms. The van der Waals surface area contributed by atoms with E-state index >= 15 is 0 Å². The lowest BCUT2D eigenvalue weighted by atomic mass is 9.93. The van der Waals surface area contributed by atoms with Crippen LogP contribution in [0.25, 0.3) is 0 Å². The van der Waals surface area contributed by atoms with Crippen LogP contribution in [0.5, 0.6) is 0 Å².